The summed E-state index contributed by atoms with van der Waals surface area (Å²) in [4.78, 5) is 2.53. The van der Waals surface area contributed by atoms with Gasteiger partial charge in [-0.3, -0.25) is 0 Å². The van der Waals surface area contributed by atoms with Crippen LogP contribution in [0.1, 0.15) is 79.6 Å². The molecule has 0 unspecified atom stereocenters. The van der Waals surface area contributed by atoms with Gasteiger partial charge in [0.05, 0.1) is 0 Å². The second-order valence-electron chi connectivity index (χ2n) is 6.46. The van der Waals surface area contributed by atoms with Crippen molar-refractivity contribution < 1.29 is 0 Å². The minimum Gasteiger partial charge on any atom is -0.304 e. The van der Waals surface area contributed by atoms with Gasteiger partial charge in [-0.1, -0.05) is 66.7 Å². The Kier molecular flexibility index (Phi) is 9.91. The Morgan fingerprint density at radius 2 is 1.18 bits per heavy atom. The van der Waals surface area contributed by atoms with E-state index in [0.717, 1.165) is 0 Å². The molecule has 0 spiro atoms. The summed E-state index contributed by atoms with van der Waals surface area (Å²) in [5.74, 6) is 0. The molecule has 1 heteroatoms. The highest BCUT2D eigenvalue weighted by atomic mass is 15.1. The molecular weight excluding hydrogens is 206 g/mol. The van der Waals surface area contributed by atoms with Crippen LogP contribution in [-0.4, -0.2) is 24.5 Å². The van der Waals surface area contributed by atoms with E-state index < -0.39 is 0 Å². The first-order valence-electron chi connectivity index (χ1n) is 7.72. The fraction of sp³-hybridized carbons (Fsp3) is 1.00. The Labute approximate surface area is 110 Å². The summed E-state index contributed by atoms with van der Waals surface area (Å²) in [6, 6.07) is 0. The Morgan fingerprint density at radius 3 is 1.65 bits per heavy atom. The maximum Gasteiger partial charge on any atom is -0.00190 e. The molecule has 0 atom stereocenters. The van der Waals surface area contributed by atoms with Crippen molar-refractivity contribution in [1.29, 1.82) is 0 Å². The SMILES string of the molecule is CCN(CC)CCCCCCCCC(C)(C)C. The highest BCUT2D eigenvalue weighted by molar-refractivity contribution is 4.61. The average Bonchev–Trinajstić information content (AvgIpc) is 2.26. The second-order valence-corrected chi connectivity index (χ2v) is 6.46. The average molecular weight is 241 g/mol. The minimum absolute atomic E-state index is 0.531. The maximum absolute atomic E-state index is 2.53. The van der Waals surface area contributed by atoms with Crippen LogP contribution in [-0.2, 0) is 0 Å². The van der Waals surface area contributed by atoms with Crippen molar-refractivity contribution in [1.82, 2.24) is 4.90 Å². The molecule has 0 aromatic heterocycles. The van der Waals surface area contributed by atoms with Crippen LogP contribution < -0.4 is 0 Å². The number of nitrogens with zero attached hydrogens (tertiary/aromatic N) is 1. The Morgan fingerprint density at radius 1 is 0.706 bits per heavy atom. The van der Waals surface area contributed by atoms with Crippen molar-refractivity contribution in [3.05, 3.63) is 0 Å². The van der Waals surface area contributed by atoms with E-state index in [4.69, 9.17) is 0 Å². The Bertz CT molecular complexity index is 153. The standard InChI is InChI=1S/C16H35N/c1-6-17(7-2)15-13-11-9-8-10-12-14-16(3,4)5/h6-15H2,1-5H3. The monoisotopic (exact) mass is 241 g/mol. The molecule has 0 aliphatic heterocycles. The lowest BCUT2D eigenvalue weighted by Gasteiger charge is -2.18. The molecule has 0 aromatic rings. The van der Waals surface area contributed by atoms with Crippen LogP contribution in [0, 0.1) is 5.41 Å². The minimum atomic E-state index is 0.531. The summed E-state index contributed by atoms with van der Waals surface area (Å²) < 4.78 is 0. The zero-order chi connectivity index (χ0) is 13.1. The molecule has 0 aliphatic rings. The Hall–Kier alpha value is -0.0400. The molecule has 17 heavy (non-hydrogen) atoms. The fourth-order valence-electron chi connectivity index (χ4n) is 2.24. The van der Waals surface area contributed by atoms with Crippen LogP contribution in [0.25, 0.3) is 0 Å². The molecule has 0 N–H and O–H groups in total. The van der Waals surface area contributed by atoms with Gasteiger partial charge in [0.25, 0.3) is 0 Å². The molecule has 0 aliphatic carbocycles. The van der Waals surface area contributed by atoms with E-state index in [0.29, 0.717) is 5.41 Å². The van der Waals surface area contributed by atoms with Crippen molar-refractivity contribution >= 4 is 0 Å². The smallest absolute Gasteiger partial charge is 0.00190 e. The molecule has 0 saturated heterocycles. The summed E-state index contributed by atoms with van der Waals surface area (Å²) in [5.41, 5.74) is 0.531. The van der Waals surface area contributed by atoms with Crippen molar-refractivity contribution in [3.8, 4) is 0 Å². The highest BCUT2D eigenvalue weighted by Gasteiger charge is 2.08. The van der Waals surface area contributed by atoms with E-state index >= 15 is 0 Å². The summed E-state index contributed by atoms with van der Waals surface area (Å²) in [6.07, 6.45) is 9.92. The quantitative estimate of drug-likeness (QED) is 0.481. The molecule has 0 aromatic carbocycles. The first-order chi connectivity index (χ1) is 7.99. The van der Waals surface area contributed by atoms with E-state index in [9.17, 15) is 0 Å². The first-order valence-corrected chi connectivity index (χ1v) is 7.72. The molecule has 104 valence electrons. The van der Waals surface area contributed by atoms with Crippen LogP contribution in [0.3, 0.4) is 0 Å². The molecule has 0 bridgehead atoms. The van der Waals surface area contributed by atoms with Gasteiger partial charge in [-0.05, 0) is 37.9 Å². The first kappa shape index (κ1) is 17.0. The van der Waals surface area contributed by atoms with Crippen LogP contribution in [0.15, 0.2) is 0 Å². The third-order valence-corrected chi connectivity index (χ3v) is 3.55. The molecule has 0 saturated carbocycles. The van der Waals surface area contributed by atoms with Crippen molar-refractivity contribution in [2.24, 2.45) is 5.41 Å². The van der Waals surface area contributed by atoms with Crippen LogP contribution in [0.2, 0.25) is 0 Å². The zero-order valence-electron chi connectivity index (χ0n) is 13.0. The molecule has 1 nitrogen and oxygen atoms in total. The summed E-state index contributed by atoms with van der Waals surface area (Å²) in [5, 5.41) is 0. The molecular formula is C16H35N. The topological polar surface area (TPSA) is 3.24 Å². The van der Waals surface area contributed by atoms with Gasteiger partial charge in [0.1, 0.15) is 0 Å². The predicted octanol–water partition coefficient (Wildman–Crippen LogP) is 5.11. The number of rotatable bonds is 10. The molecule has 0 heterocycles. The van der Waals surface area contributed by atoms with Crippen molar-refractivity contribution in [2.45, 2.75) is 79.6 Å². The summed E-state index contributed by atoms with van der Waals surface area (Å²) in [7, 11) is 0. The molecule has 0 amide bonds. The van der Waals surface area contributed by atoms with Crippen molar-refractivity contribution in [3.63, 3.8) is 0 Å². The van der Waals surface area contributed by atoms with Gasteiger partial charge < -0.3 is 4.90 Å². The van der Waals surface area contributed by atoms with E-state index in [1.807, 2.05) is 0 Å². The van der Waals surface area contributed by atoms with Gasteiger partial charge in [-0.15, -0.1) is 0 Å². The van der Waals surface area contributed by atoms with Gasteiger partial charge in [-0.2, -0.15) is 0 Å². The number of hydrogen-bond acceptors (Lipinski definition) is 1. The van der Waals surface area contributed by atoms with Gasteiger partial charge >= 0.3 is 0 Å². The lowest BCUT2D eigenvalue weighted by molar-refractivity contribution is 0.294. The van der Waals surface area contributed by atoms with E-state index in [-0.39, 0.29) is 0 Å². The number of hydrogen-bond donors (Lipinski definition) is 0. The van der Waals surface area contributed by atoms with Crippen LogP contribution >= 0.6 is 0 Å². The second kappa shape index (κ2) is 9.94. The lowest BCUT2D eigenvalue weighted by Crippen LogP contribution is -2.23. The lowest BCUT2D eigenvalue weighted by atomic mass is 9.89. The zero-order valence-corrected chi connectivity index (χ0v) is 13.0. The van der Waals surface area contributed by atoms with E-state index in [1.165, 1.54) is 64.6 Å². The fourth-order valence-corrected chi connectivity index (χ4v) is 2.24. The Balaban J connectivity index is 3.19. The van der Waals surface area contributed by atoms with Gasteiger partial charge in [0.2, 0.25) is 0 Å². The highest BCUT2D eigenvalue weighted by Crippen LogP contribution is 2.22. The van der Waals surface area contributed by atoms with E-state index in [1.54, 1.807) is 0 Å². The van der Waals surface area contributed by atoms with E-state index in [2.05, 4.69) is 39.5 Å². The van der Waals surface area contributed by atoms with Crippen LogP contribution in [0.4, 0.5) is 0 Å². The third-order valence-electron chi connectivity index (χ3n) is 3.55. The number of unbranched alkanes of at least 4 members (excludes halogenated alkanes) is 5. The predicted molar refractivity (Wildman–Crippen MR) is 79.6 cm³/mol. The summed E-state index contributed by atoms with van der Waals surface area (Å²) in [6.45, 7) is 15.3. The van der Waals surface area contributed by atoms with Gasteiger partial charge in [0, 0.05) is 0 Å². The van der Waals surface area contributed by atoms with Crippen molar-refractivity contribution in [2.75, 3.05) is 19.6 Å². The molecule has 0 radical (unpaired) electrons. The molecule has 0 fully saturated rings. The largest absolute Gasteiger partial charge is 0.304 e. The summed E-state index contributed by atoms with van der Waals surface area (Å²) >= 11 is 0. The normalized spacial score (nSPS) is 12.4. The van der Waals surface area contributed by atoms with Crippen LogP contribution in [0.5, 0.6) is 0 Å². The maximum atomic E-state index is 2.53. The van der Waals surface area contributed by atoms with Gasteiger partial charge in [-0.25, -0.2) is 0 Å². The third kappa shape index (κ3) is 12.2. The molecule has 0 rings (SSSR count). The van der Waals surface area contributed by atoms with Gasteiger partial charge in [0.15, 0.2) is 0 Å².